The molecule has 0 aromatic carbocycles. The molecular formula is C18H22BCuF12N4Si. The van der Waals surface area contributed by atoms with Crippen LogP contribution in [0, 0.1) is 0 Å². The Labute approximate surface area is 215 Å². The molecule has 0 spiro atoms. The minimum atomic E-state index is -5.45. The van der Waals surface area contributed by atoms with E-state index >= 15 is 0 Å². The second kappa shape index (κ2) is 12.3. The van der Waals surface area contributed by atoms with Gasteiger partial charge in [-0.05, 0) is 12.1 Å². The van der Waals surface area contributed by atoms with Gasteiger partial charge in [-0.15, -0.1) is 12.3 Å². The maximum Gasteiger partial charge on any atom is 1.00 e. The zero-order valence-electron chi connectivity index (χ0n) is 19.7. The Kier molecular flexibility index (Phi) is 11.7. The molecule has 0 unspecified atom stereocenters. The van der Waals surface area contributed by atoms with Gasteiger partial charge >= 0.3 is 41.8 Å². The summed E-state index contributed by atoms with van der Waals surface area (Å²) in [4.78, 5) is 0. The Balaban J connectivity index is 0.00000111. The van der Waals surface area contributed by atoms with Crippen LogP contribution < -0.4 is 0 Å². The van der Waals surface area contributed by atoms with Crippen molar-refractivity contribution in [3.8, 4) is 0 Å². The number of halogens is 12. The smallest absolute Gasteiger partial charge is 0.418 e. The Bertz CT molecular complexity index is 944. The van der Waals surface area contributed by atoms with Crippen molar-refractivity contribution in [2.75, 3.05) is 0 Å². The summed E-state index contributed by atoms with van der Waals surface area (Å²) in [7, 11) is -4.13. The minimum absolute atomic E-state index is 0. The number of alkyl halides is 12. The first kappa shape index (κ1) is 35.1. The zero-order chi connectivity index (χ0) is 28.3. The van der Waals surface area contributed by atoms with E-state index in [1.54, 1.807) is 0 Å². The average molecular weight is 625 g/mol. The van der Waals surface area contributed by atoms with E-state index in [4.69, 9.17) is 0 Å². The molecule has 0 N–H and O–H groups in total. The average Bonchev–Trinajstić information content (AvgIpc) is 3.35. The fraction of sp³-hybridized carbons (Fsp3) is 0.556. The monoisotopic (exact) mass is 624 g/mol. The third-order valence-electron chi connectivity index (χ3n) is 5.85. The second-order valence-electron chi connectivity index (χ2n) is 7.90. The van der Waals surface area contributed by atoms with Gasteiger partial charge in [0.05, 0.1) is 8.07 Å². The van der Waals surface area contributed by atoms with Gasteiger partial charge in [0, 0.05) is 0 Å². The van der Waals surface area contributed by atoms with E-state index in [0.29, 0.717) is 0 Å². The SMILES string of the molecule is C=C[Si](CC)(CC)CC.FC(F)(F)c1cc(C(F)(F)F)n([BH2-]n2nc(C(F)(F)F)cc2C(F)(F)F)n1.[Cu+]. The predicted molar refractivity (Wildman–Crippen MR) is 111 cm³/mol. The van der Waals surface area contributed by atoms with Crippen LogP contribution in [0.5, 0.6) is 0 Å². The standard InChI is InChI=1S/C10H4BF12N4.C8H18Si.Cu/c12-7(13,14)3-1-5(9(18,19)20)26(24-3)11-27-6(10(21,22)23)2-4(25-27)8(15,16)17;1-5-9(6-2,7-3)8-4;/h1-2H,11H2;5H,1,6-8H2,2-4H3;/q-1;;+1. The second-order valence-corrected chi connectivity index (χ2v) is 13.1. The molecule has 2 heterocycles. The van der Waals surface area contributed by atoms with Crippen LogP contribution >= 0.6 is 0 Å². The van der Waals surface area contributed by atoms with Gasteiger partial charge < -0.3 is 9.19 Å². The summed E-state index contributed by atoms with van der Waals surface area (Å²) in [6.07, 6.45) is -21.6. The van der Waals surface area contributed by atoms with Crippen LogP contribution in [0.1, 0.15) is 43.5 Å². The van der Waals surface area contributed by atoms with Gasteiger partial charge in [-0.1, -0.05) is 38.9 Å². The molecule has 0 fully saturated rings. The van der Waals surface area contributed by atoms with Gasteiger partial charge in [-0.2, -0.15) is 52.7 Å². The van der Waals surface area contributed by atoms with Crippen LogP contribution in [0.25, 0.3) is 0 Å². The first-order chi connectivity index (χ1) is 16.1. The summed E-state index contributed by atoms with van der Waals surface area (Å²) in [5.41, 5.74) is -6.00. The van der Waals surface area contributed by atoms with E-state index in [1.807, 2.05) is 0 Å². The van der Waals surface area contributed by atoms with Crippen molar-refractivity contribution in [2.24, 2.45) is 0 Å². The molecule has 216 valence electrons. The molecule has 2 aromatic rings. The van der Waals surface area contributed by atoms with E-state index in [-0.39, 0.29) is 17.1 Å². The molecule has 4 nitrogen and oxygen atoms in total. The Hall–Kier alpha value is -1.88. The minimum Gasteiger partial charge on any atom is -0.418 e. The van der Waals surface area contributed by atoms with Crippen molar-refractivity contribution >= 4 is 15.6 Å². The van der Waals surface area contributed by atoms with E-state index in [2.05, 4.69) is 43.2 Å². The molecular weight excluding hydrogens is 603 g/mol. The number of aromatic nitrogens is 4. The summed E-state index contributed by atoms with van der Waals surface area (Å²) in [5.74, 6) is 0. The third kappa shape index (κ3) is 9.12. The Morgan fingerprint density at radius 3 is 1.16 bits per heavy atom. The van der Waals surface area contributed by atoms with Crippen LogP contribution in [0.15, 0.2) is 24.4 Å². The van der Waals surface area contributed by atoms with E-state index in [9.17, 15) is 52.7 Å². The van der Waals surface area contributed by atoms with Gasteiger partial charge in [0.15, 0.2) is 18.9 Å². The molecule has 0 aliphatic carbocycles. The van der Waals surface area contributed by atoms with Crippen molar-refractivity contribution in [3.63, 3.8) is 0 Å². The summed E-state index contributed by atoms with van der Waals surface area (Å²) in [6, 6.07) is 3.19. The maximum atomic E-state index is 12.8. The first-order valence-corrected chi connectivity index (χ1v) is 13.2. The molecule has 37 heavy (non-hydrogen) atoms. The van der Waals surface area contributed by atoms with Crippen LogP contribution in [-0.2, 0) is 41.8 Å². The van der Waals surface area contributed by atoms with Gasteiger partial charge in [-0.25, -0.2) is 10.2 Å². The largest absolute Gasteiger partial charge is 1.00 e. The van der Waals surface area contributed by atoms with Crippen molar-refractivity contribution in [1.29, 1.82) is 0 Å². The van der Waals surface area contributed by atoms with Gasteiger partial charge in [-0.3, -0.25) is 0 Å². The van der Waals surface area contributed by atoms with E-state index < -0.39 is 84.4 Å². The quantitative estimate of drug-likeness (QED) is 0.263. The van der Waals surface area contributed by atoms with Crippen LogP contribution in [0.4, 0.5) is 52.7 Å². The Morgan fingerprint density at radius 2 is 1.00 bits per heavy atom. The predicted octanol–water partition coefficient (Wildman–Crippen LogP) is 6.77. The van der Waals surface area contributed by atoms with Crippen molar-refractivity contribution in [3.05, 3.63) is 47.2 Å². The van der Waals surface area contributed by atoms with Crippen molar-refractivity contribution in [2.45, 2.75) is 63.6 Å². The van der Waals surface area contributed by atoms with Crippen LogP contribution in [0.3, 0.4) is 0 Å². The van der Waals surface area contributed by atoms with Gasteiger partial charge in [0.25, 0.3) is 0 Å². The van der Waals surface area contributed by atoms with E-state index in [1.165, 1.54) is 18.1 Å². The summed E-state index contributed by atoms with van der Waals surface area (Å²) in [6.45, 7) is 10.8. The van der Waals surface area contributed by atoms with Gasteiger partial charge in [0.2, 0.25) is 0 Å². The number of hydrogen-bond acceptors (Lipinski definition) is 2. The third-order valence-corrected chi connectivity index (χ3v) is 10.9. The fourth-order valence-electron chi connectivity index (χ4n) is 3.41. The van der Waals surface area contributed by atoms with Crippen LogP contribution in [-0.4, -0.2) is 35.0 Å². The summed E-state index contributed by atoms with van der Waals surface area (Å²) >= 11 is 0. The molecule has 0 saturated carbocycles. The summed E-state index contributed by atoms with van der Waals surface area (Å²) in [5, 5.41) is 5.11. The number of nitrogens with zero attached hydrogens (tertiary/aromatic N) is 4. The number of hydrogen-bond donors (Lipinski definition) is 0. The summed E-state index contributed by atoms with van der Waals surface area (Å²) < 4.78 is 152. The normalized spacial score (nSPS) is 13.1. The molecule has 19 heteroatoms. The molecule has 0 aliphatic heterocycles. The number of rotatable bonds is 6. The molecule has 0 bridgehead atoms. The molecule has 2 aromatic heterocycles. The molecule has 0 atom stereocenters. The van der Waals surface area contributed by atoms with Crippen LogP contribution in [0.2, 0.25) is 18.1 Å². The maximum absolute atomic E-state index is 12.8. The van der Waals surface area contributed by atoms with Crippen molar-refractivity contribution < 1.29 is 69.8 Å². The molecule has 0 radical (unpaired) electrons. The van der Waals surface area contributed by atoms with Gasteiger partial charge in [0.1, 0.15) is 11.4 Å². The fourth-order valence-corrected chi connectivity index (χ4v) is 5.78. The first-order valence-electron chi connectivity index (χ1n) is 10.5. The molecule has 0 amide bonds. The Morgan fingerprint density at radius 1 is 0.703 bits per heavy atom. The van der Waals surface area contributed by atoms with E-state index in [0.717, 1.165) is 0 Å². The molecule has 0 saturated heterocycles. The molecule has 2 rings (SSSR count). The molecule has 0 aliphatic rings. The topological polar surface area (TPSA) is 35.6 Å². The zero-order valence-corrected chi connectivity index (χ0v) is 21.6. The van der Waals surface area contributed by atoms with Crippen molar-refractivity contribution in [1.82, 2.24) is 19.4 Å².